The number of nitrogens with zero attached hydrogens (tertiary/aromatic N) is 1. The maximum absolute atomic E-state index is 13.4. The fraction of sp³-hybridized carbons (Fsp3) is 0.241. The van der Waals surface area contributed by atoms with E-state index < -0.39 is 15.7 Å². The zero-order valence-electron chi connectivity index (χ0n) is 20.3. The molecule has 0 saturated carbocycles. The normalized spacial score (nSPS) is 20.1. The largest absolute Gasteiger partial charge is 0.466 e. The van der Waals surface area contributed by atoms with Crippen LogP contribution in [-0.4, -0.2) is 21.2 Å². The van der Waals surface area contributed by atoms with Crippen molar-refractivity contribution in [3.63, 3.8) is 0 Å². The molecule has 0 amide bonds. The molecule has 1 spiro atoms. The Labute approximate surface area is 206 Å². The van der Waals surface area contributed by atoms with Crippen molar-refractivity contribution in [2.75, 3.05) is 16.7 Å². The van der Waals surface area contributed by atoms with Crippen molar-refractivity contribution in [2.24, 2.45) is 0 Å². The van der Waals surface area contributed by atoms with Crippen LogP contribution in [0.4, 0.5) is 11.4 Å². The summed E-state index contributed by atoms with van der Waals surface area (Å²) in [4.78, 5) is 2.53. The van der Waals surface area contributed by atoms with E-state index in [-0.39, 0.29) is 10.3 Å². The Morgan fingerprint density at radius 3 is 2.31 bits per heavy atom. The van der Waals surface area contributed by atoms with Crippen LogP contribution in [0.1, 0.15) is 30.5 Å². The van der Waals surface area contributed by atoms with Crippen molar-refractivity contribution in [1.82, 2.24) is 0 Å². The van der Waals surface area contributed by atoms with Crippen LogP contribution in [0.2, 0.25) is 0 Å². The summed E-state index contributed by atoms with van der Waals surface area (Å²) in [6, 6.07) is 25.3. The van der Waals surface area contributed by atoms with Gasteiger partial charge in [-0.05, 0) is 50.1 Å². The molecule has 178 valence electrons. The number of rotatable bonds is 3. The van der Waals surface area contributed by atoms with Gasteiger partial charge in [0.25, 0.3) is 10.0 Å². The zero-order chi connectivity index (χ0) is 24.6. The number of ether oxygens (including phenoxy) is 1. The van der Waals surface area contributed by atoms with E-state index in [2.05, 4.69) is 54.8 Å². The van der Waals surface area contributed by atoms with Crippen molar-refractivity contribution in [2.45, 2.75) is 43.2 Å². The summed E-state index contributed by atoms with van der Waals surface area (Å²) < 4.78 is 36.5. The molecule has 2 heterocycles. The predicted octanol–water partition coefficient (Wildman–Crippen LogP) is 6.01. The fourth-order valence-corrected chi connectivity index (χ4v) is 7.24. The lowest BCUT2D eigenvalue weighted by Crippen LogP contribution is -2.58. The predicted molar refractivity (Wildman–Crippen MR) is 141 cm³/mol. The number of benzene rings is 4. The van der Waals surface area contributed by atoms with Gasteiger partial charge in [0.05, 0.1) is 16.0 Å². The first-order chi connectivity index (χ1) is 16.7. The van der Waals surface area contributed by atoms with E-state index in [1.165, 1.54) is 5.56 Å². The molecule has 0 fully saturated rings. The van der Waals surface area contributed by atoms with Gasteiger partial charge in [0, 0.05) is 35.5 Å². The molecular formula is C29H28N2O3S. The minimum Gasteiger partial charge on any atom is -0.466 e. The molecule has 6 rings (SSSR count). The first-order valence-corrected chi connectivity index (χ1v) is 13.3. The minimum atomic E-state index is -3.76. The number of hydrogen-bond acceptors (Lipinski definition) is 4. The van der Waals surface area contributed by atoms with Crippen LogP contribution in [0.25, 0.3) is 10.8 Å². The van der Waals surface area contributed by atoms with Crippen molar-refractivity contribution in [1.29, 1.82) is 0 Å². The fourth-order valence-electron chi connectivity index (χ4n) is 5.92. The molecule has 2 aliphatic rings. The number of para-hydroxylation sites is 1. The van der Waals surface area contributed by atoms with E-state index >= 15 is 0 Å². The zero-order valence-corrected chi connectivity index (χ0v) is 21.1. The molecule has 6 heteroatoms. The van der Waals surface area contributed by atoms with Crippen LogP contribution in [-0.2, 0) is 21.9 Å². The maximum atomic E-state index is 13.4. The number of anilines is 2. The molecule has 2 aliphatic heterocycles. The first kappa shape index (κ1) is 22.0. The molecule has 0 aromatic heterocycles. The Hall–Kier alpha value is -3.51. The lowest BCUT2D eigenvalue weighted by Gasteiger charge is -2.42. The molecule has 0 radical (unpaired) electrons. The van der Waals surface area contributed by atoms with Crippen molar-refractivity contribution >= 4 is 32.2 Å². The third-order valence-corrected chi connectivity index (χ3v) is 9.38. The number of hydrogen-bond donors (Lipinski definition) is 1. The van der Waals surface area contributed by atoms with E-state index in [9.17, 15) is 8.42 Å². The maximum Gasteiger partial charge on any atom is 0.262 e. The second-order valence-corrected chi connectivity index (χ2v) is 11.7. The third-order valence-electron chi connectivity index (χ3n) is 7.86. The summed E-state index contributed by atoms with van der Waals surface area (Å²) in [5, 5.41) is 1.72. The van der Waals surface area contributed by atoms with E-state index in [1.807, 2.05) is 49.4 Å². The van der Waals surface area contributed by atoms with Crippen LogP contribution in [0.5, 0.6) is 5.75 Å². The molecular weight excluding hydrogens is 456 g/mol. The van der Waals surface area contributed by atoms with Gasteiger partial charge in [-0.25, -0.2) is 8.42 Å². The summed E-state index contributed by atoms with van der Waals surface area (Å²) in [7, 11) is -1.67. The van der Waals surface area contributed by atoms with Crippen molar-refractivity contribution in [3.8, 4) is 5.75 Å². The molecule has 0 aliphatic carbocycles. The van der Waals surface area contributed by atoms with Gasteiger partial charge in [-0.2, -0.15) is 0 Å². The summed E-state index contributed by atoms with van der Waals surface area (Å²) in [5.41, 5.74) is 3.81. The van der Waals surface area contributed by atoms with Gasteiger partial charge in [-0.1, -0.05) is 60.7 Å². The Balaban J connectivity index is 1.49. The monoisotopic (exact) mass is 484 g/mol. The molecule has 4 aromatic rings. The van der Waals surface area contributed by atoms with Crippen molar-refractivity contribution < 1.29 is 13.2 Å². The molecule has 1 N–H and O–H groups in total. The SMILES string of the molecule is Cc1ccccc1S(=O)(=O)Nc1cc2c(c3ccccc13)OC1(C2)N(C)c2ccccc2C1(C)C. The van der Waals surface area contributed by atoms with E-state index in [1.54, 1.807) is 12.1 Å². The van der Waals surface area contributed by atoms with Gasteiger partial charge < -0.3 is 9.64 Å². The Kier molecular flexibility index (Phi) is 4.55. The van der Waals surface area contributed by atoms with Gasteiger partial charge in [-0.3, -0.25) is 4.72 Å². The van der Waals surface area contributed by atoms with E-state index in [0.717, 1.165) is 27.8 Å². The summed E-state index contributed by atoms with van der Waals surface area (Å²) in [6.07, 6.45) is 0.643. The van der Waals surface area contributed by atoms with Gasteiger partial charge in [0.15, 0.2) is 5.72 Å². The molecule has 5 nitrogen and oxygen atoms in total. The summed E-state index contributed by atoms with van der Waals surface area (Å²) >= 11 is 0. The molecule has 0 saturated heterocycles. The second kappa shape index (κ2) is 7.25. The topological polar surface area (TPSA) is 58.6 Å². The number of aryl methyl sites for hydroxylation is 1. The highest BCUT2D eigenvalue weighted by molar-refractivity contribution is 7.92. The highest BCUT2D eigenvalue weighted by atomic mass is 32.2. The van der Waals surface area contributed by atoms with E-state index in [0.29, 0.717) is 17.7 Å². The van der Waals surface area contributed by atoms with Gasteiger partial charge in [0.1, 0.15) is 5.75 Å². The Morgan fingerprint density at radius 1 is 0.914 bits per heavy atom. The van der Waals surface area contributed by atoms with Gasteiger partial charge in [-0.15, -0.1) is 0 Å². The van der Waals surface area contributed by atoms with Crippen LogP contribution in [0.15, 0.2) is 83.8 Å². The molecule has 0 bridgehead atoms. The van der Waals surface area contributed by atoms with Crippen LogP contribution in [0, 0.1) is 6.92 Å². The van der Waals surface area contributed by atoms with Crippen molar-refractivity contribution in [3.05, 3.63) is 95.6 Å². The average molecular weight is 485 g/mol. The standard InChI is InChI=1S/C29H28N2O3S/c1-19-11-5-10-16-26(19)35(32,33)30-24-17-20-18-29(34-27(20)22-13-7-6-12-21(22)24)28(2,3)23-14-8-9-15-25(23)31(29)4/h5-17,30H,18H2,1-4H3. The lowest BCUT2D eigenvalue weighted by molar-refractivity contribution is 0.0362. The number of fused-ring (bicyclic) bond motifs is 4. The van der Waals surface area contributed by atoms with Crippen LogP contribution < -0.4 is 14.4 Å². The minimum absolute atomic E-state index is 0.278. The Bertz CT molecular complexity index is 1610. The summed E-state index contributed by atoms with van der Waals surface area (Å²) in [6.45, 7) is 6.26. The third kappa shape index (κ3) is 2.96. The van der Waals surface area contributed by atoms with E-state index in [4.69, 9.17) is 4.74 Å². The van der Waals surface area contributed by atoms with Gasteiger partial charge in [0.2, 0.25) is 0 Å². The second-order valence-electron chi connectivity index (χ2n) is 10.1. The highest BCUT2D eigenvalue weighted by Crippen LogP contribution is 2.57. The molecule has 1 atom stereocenters. The number of sulfonamides is 1. The van der Waals surface area contributed by atoms with Crippen LogP contribution in [0.3, 0.4) is 0 Å². The lowest BCUT2D eigenvalue weighted by atomic mass is 9.76. The smallest absolute Gasteiger partial charge is 0.262 e. The molecule has 35 heavy (non-hydrogen) atoms. The highest BCUT2D eigenvalue weighted by Gasteiger charge is 2.60. The quantitative estimate of drug-likeness (QED) is 0.387. The first-order valence-electron chi connectivity index (χ1n) is 11.8. The Morgan fingerprint density at radius 2 is 1.57 bits per heavy atom. The van der Waals surface area contributed by atoms with Gasteiger partial charge >= 0.3 is 0 Å². The average Bonchev–Trinajstić information content (AvgIpc) is 3.31. The number of nitrogens with one attached hydrogen (secondary N) is 1. The summed E-state index contributed by atoms with van der Waals surface area (Å²) in [5.74, 6) is 0.826. The molecule has 4 aromatic carbocycles. The molecule has 1 unspecified atom stereocenters. The van der Waals surface area contributed by atoms with Crippen LogP contribution >= 0.6 is 0 Å². The number of likely N-dealkylation sites (N-methyl/N-ethyl adjacent to an activating group) is 1.